The maximum absolute atomic E-state index is 5.66. The predicted molar refractivity (Wildman–Crippen MR) is 102 cm³/mol. The van der Waals surface area contributed by atoms with Gasteiger partial charge in [0.2, 0.25) is 0 Å². The van der Waals surface area contributed by atoms with Crippen molar-refractivity contribution < 1.29 is 13.9 Å². The number of hydrogen-bond donors (Lipinski definition) is 2. The number of fused-ring (bicyclic) bond motifs is 2. The monoisotopic (exact) mass is 351 g/mol. The van der Waals surface area contributed by atoms with Crippen molar-refractivity contribution in [3.05, 3.63) is 48.2 Å². The lowest BCUT2D eigenvalue weighted by molar-refractivity contribution is 0.398. The fraction of sp³-hybridized carbons (Fsp3) is 0.250. The van der Waals surface area contributed by atoms with E-state index in [4.69, 9.17) is 13.9 Å². The van der Waals surface area contributed by atoms with Crippen LogP contribution < -0.4 is 14.8 Å². The minimum Gasteiger partial charge on any atom is -0.497 e. The van der Waals surface area contributed by atoms with Crippen LogP contribution in [0.3, 0.4) is 0 Å². The smallest absolute Gasteiger partial charge is 0.295 e. The third-order valence-corrected chi connectivity index (χ3v) is 4.38. The van der Waals surface area contributed by atoms with Crippen LogP contribution in [0.5, 0.6) is 11.5 Å². The van der Waals surface area contributed by atoms with E-state index in [1.165, 1.54) is 0 Å². The van der Waals surface area contributed by atoms with Gasteiger partial charge < -0.3 is 24.2 Å². The van der Waals surface area contributed by atoms with E-state index in [2.05, 4.69) is 21.4 Å². The summed E-state index contributed by atoms with van der Waals surface area (Å²) in [6.45, 7) is 0.780. The number of methoxy groups -OCH3 is 2. The molecule has 0 fully saturated rings. The van der Waals surface area contributed by atoms with Gasteiger partial charge in [-0.3, -0.25) is 0 Å². The predicted octanol–water partition coefficient (Wildman–Crippen LogP) is 4.37. The Morgan fingerprint density at radius 3 is 2.81 bits per heavy atom. The van der Waals surface area contributed by atoms with Crippen LogP contribution in [-0.2, 0) is 6.42 Å². The van der Waals surface area contributed by atoms with E-state index in [-0.39, 0.29) is 0 Å². The lowest BCUT2D eigenvalue weighted by atomic mass is 10.2. The first-order chi connectivity index (χ1) is 12.8. The van der Waals surface area contributed by atoms with Crippen LogP contribution in [-0.4, -0.2) is 30.7 Å². The standard InChI is InChI=1S/C20H21N3O3/c1-24-14-11-17-15(19(12-14)25-2)10-13(22-17)6-5-9-21-20-23-16-7-3-4-8-18(16)26-20/h3-4,7-8,10-12,22H,5-6,9H2,1-2H3,(H,21,23). The first kappa shape index (κ1) is 16.3. The summed E-state index contributed by atoms with van der Waals surface area (Å²) >= 11 is 0. The molecule has 0 radical (unpaired) electrons. The molecule has 2 heterocycles. The van der Waals surface area contributed by atoms with Crippen LogP contribution in [0.1, 0.15) is 12.1 Å². The Hall–Kier alpha value is -3.15. The molecule has 0 aliphatic carbocycles. The van der Waals surface area contributed by atoms with Crippen molar-refractivity contribution in [1.82, 2.24) is 9.97 Å². The van der Waals surface area contributed by atoms with Gasteiger partial charge in [0.05, 0.1) is 19.7 Å². The molecular formula is C20H21N3O3. The Morgan fingerprint density at radius 1 is 1.12 bits per heavy atom. The summed E-state index contributed by atoms with van der Waals surface area (Å²) in [5, 5.41) is 4.31. The van der Waals surface area contributed by atoms with Gasteiger partial charge in [0.15, 0.2) is 5.58 Å². The van der Waals surface area contributed by atoms with E-state index in [0.29, 0.717) is 6.01 Å². The summed E-state index contributed by atoms with van der Waals surface area (Å²) in [6.07, 6.45) is 1.86. The van der Waals surface area contributed by atoms with Crippen LogP contribution in [0, 0.1) is 0 Å². The van der Waals surface area contributed by atoms with E-state index in [0.717, 1.165) is 58.6 Å². The van der Waals surface area contributed by atoms with Gasteiger partial charge in [0.1, 0.15) is 17.0 Å². The Labute approximate surface area is 151 Å². The first-order valence-corrected chi connectivity index (χ1v) is 8.60. The number of oxazole rings is 1. The van der Waals surface area contributed by atoms with Gasteiger partial charge in [-0.15, -0.1) is 0 Å². The van der Waals surface area contributed by atoms with Gasteiger partial charge >= 0.3 is 0 Å². The second kappa shape index (κ2) is 7.00. The van der Waals surface area contributed by atoms with E-state index in [9.17, 15) is 0 Å². The number of anilines is 1. The van der Waals surface area contributed by atoms with Crippen molar-refractivity contribution >= 4 is 28.0 Å². The highest BCUT2D eigenvalue weighted by Gasteiger charge is 2.09. The Morgan fingerprint density at radius 2 is 2.00 bits per heavy atom. The minimum atomic E-state index is 0.564. The van der Waals surface area contributed by atoms with E-state index in [1.54, 1.807) is 14.2 Å². The maximum atomic E-state index is 5.66. The average molecular weight is 351 g/mol. The van der Waals surface area contributed by atoms with Crippen molar-refractivity contribution in [3.8, 4) is 11.5 Å². The second-order valence-corrected chi connectivity index (χ2v) is 6.10. The summed E-state index contributed by atoms with van der Waals surface area (Å²) in [5.74, 6) is 1.59. The molecule has 4 rings (SSSR count). The Balaban J connectivity index is 1.39. The molecular weight excluding hydrogens is 330 g/mol. The Kier molecular flexibility index (Phi) is 4.39. The number of aryl methyl sites for hydroxylation is 1. The van der Waals surface area contributed by atoms with Crippen molar-refractivity contribution in [1.29, 1.82) is 0 Å². The number of nitrogens with one attached hydrogen (secondary N) is 2. The number of ether oxygens (including phenoxy) is 2. The summed E-state index contributed by atoms with van der Waals surface area (Å²) in [7, 11) is 3.33. The van der Waals surface area contributed by atoms with Gasteiger partial charge in [-0.25, -0.2) is 0 Å². The van der Waals surface area contributed by atoms with Gasteiger partial charge in [0.25, 0.3) is 6.01 Å². The van der Waals surface area contributed by atoms with E-state index >= 15 is 0 Å². The van der Waals surface area contributed by atoms with Gasteiger partial charge in [-0.05, 0) is 31.0 Å². The third-order valence-electron chi connectivity index (χ3n) is 4.38. The molecule has 0 amide bonds. The number of nitrogens with zero attached hydrogens (tertiary/aromatic N) is 1. The van der Waals surface area contributed by atoms with Crippen LogP contribution in [0.25, 0.3) is 22.0 Å². The highest BCUT2D eigenvalue weighted by atomic mass is 16.5. The fourth-order valence-corrected chi connectivity index (χ4v) is 3.08. The fourth-order valence-electron chi connectivity index (χ4n) is 3.08. The molecule has 26 heavy (non-hydrogen) atoms. The zero-order valence-electron chi connectivity index (χ0n) is 14.8. The molecule has 0 spiro atoms. The zero-order valence-corrected chi connectivity index (χ0v) is 14.8. The van der Waals surface area contributed by atoms with Gasteiger partial charge in [-0.2, -0.15) is 4.98 Å². The molecule has 4 aromatic rings. The molecule has 2 N–H and O–H groups in total. The molecule has 0 saturated carbocycles. The minimum absolute atomic E-state index is 0.564. The lowest BCUT2D eigenvalue weighted by Gasteiger charge is -2.04. The highest BCUT2D eigenvalue weighted by molar-refractivity contribution is 5.88. The van der Waals surface area contributed by atoms with Gasteiger partial charge in [-0.1, -0.05) is 12.1 Å². The highest BCUT2D eigenvalue weighted by Crippen LogP contribution is 2.31. The summed E-state index contributed by atoms with van der Waals surface area (Å²) in [5.41, 5.74) is 3.84. The molecule has 0 unspecified atom stereocenters. The van der Waals surface area contributed by atoms with E-state index in [1.807, 2.05) is 36.4 Å². The molecule has 6 nitrogen and oxygen atoms in total. The van der Waals surface area contributed by atoms with E-state index < -0.39 is 0 Å². The van der Waals surface area contributed by atoms with Crippen molar-refractivity contribution in [2.75, 3.05) is 26.1 Å². The average Bonchev–Trinajstić information content (AvgIpc) is 3.27. The number of hydrogen-bond acceptors (Lipinski definition) is 5. The molecule has 0 aliphatic rings. The molecule has 0 aliphatic heterocycles. The maximum Gasteiger partial charge on any atom is 0.295 e. The quantitative estimate of drug-likeness (QED) is 0.484. The van der Waals surface area contributed by atoms with Crippen LogP contribution in [0.4, 0.5) is 6.01 Å². The van der Waals surface area contributed by atoms with Crippen molar-refractivity contribution in [2.45, 2.75) is 12.8 Å². The number of para-hydroxylation sites is 2. The molecule has 2 aromatic heterocycles. The van der Waals surface area contributed by atoms with Crippen molar-refractivity contribution in [3.63, 3.8) is 0 Å². The largest absolute Gasteiger partial charge is 0.497 e. The molecule has 2 aromatic carbocycles. The zero-order chi connectivity index (χ0) is 17.9. The molecule has 0 bridgehead atoms. The number of H-pyrrole nitrogens is 1. The van der Waals surface area contributed by atoms with Crippen LogP contribution >= 0.6 is 0 Å². The lowest BCUT2D eigenvalue weighted by Crippen LogP contribution is -2.03. The van der Waals surface area contributed by atoms with Gasteiger partial charge in [0, 0.05) is 29.8 Å². The SMILES string of the molecule is COc1cc(OC)c2cc(CCCNc3nc4ccccc4o3)[nH]c2c1. The number of aromatic amines is 1. The third kappa shape index (κ3) is 3.18. The summed E-state index contributed by atoms with van der Waals surface area (Å²) in [6, 6.07) is 14.3. The number of benzene rings is 2. The number of aromatic nitrogens is 2. The van der Waals surface area contributed by atoms with Crippen LogP contribution in [0.2, 0.25) is 0 Å². The second-order valence-electron chi connectivity index (χ2n) is 6.10. The van der Waals surface area contributed by atoms with Crippen LogP contribution in [0.15, 0.2) is 46.9 Å². The summed E-state index contributed by atoms with van der Waals surface area (Å²) in [4.78, 5) is 7.86. The molecule has 134 valence electrons. The van der Waals surface area contributed by atoms with Crippen molar-refractivity contribution in [2.24, 2.45) is 0 Å². The molecule has 0 saturated heterocycles. The molecule has 6 heteroatoms. The number of rotatable bonds is 7. The normalized spacial score (nSPS) is 11.2. The topological polar surface area (TPSA) is 72.3 Å². The summed E-state index contributed by atoms with van der Waals surface area (Å²) < 4.78 is 16.4. The Bertz CT molecular complexity index is 1000. The first-order valence-electron chi connectivity index (χ1n) is 8.60. The molecule has 0 atom stereocenters.